The van der Waals surface area contributed by atoms with Crippen LogP contribution in [0, 0.1) is 5.82 Å². The topological polar surface area (TPSA) is 38.5 Å². The molecule has 16 heavy (non-hydrogen) atoms. The van der Waals surface area contributed by atoms with E-state index in [-0.39, 0.29) is 5.82 Å². The van der Waals surface area contributed by atoms with E-state index < -0.39 is 0 Å². The number of halogens is 1. The van der Waals surface area contributed by atoms with Gasteiger partial charge in [-0.05, 0) is 6.42 Å². The molecule has 0 aliphatic heterocycles. The Morgan fingerprint density at radius 2 is 2.12 bits per heavy atom. The first-order valence-corrected chi connectivity index (χ1v) is 5.44. The van der Waals surface area contributed by atoms with Gasteiger partial charge in [-0.25, -0.2) is 4.39 Å². The molecule has 3 nitrogen and oxygen atoms in total. The number of unbranched alkanes of at least 4 members (excludes halogenated alkanes) is 1. The van der Waals surface area contributed by atoms with Crippen LogP contribution in [0.2, 0.25) is 0 Å². The molecule has 1 aromatic rings. The molecule has 90 valence electrons. The van der Waals surface area contributed by atoms with Crippen LogP contribution < -0.4 is 15.4 Å². The summed E-state index contributed by atoms with van der Waals surface area (Å²) in [5, 5.41) is 0. The summed E-state index contributed by atoms with van der Waals surface area (Å²) in [5.74, 6) is 0.205. The van der Waals surface area contributed by atoms with Gasteiger partial charge in [0.25, 0.3) is 0 Å². The van der Waals surface area contributed by atoms with Gasteiger partial charge in [0.2, 0.25) is 0 Å². The average Bonchev–Trinajstić information content (AvgIpc) is 2.26. The second-order valence-corrected chi connectivity index (χ2v) is 3.82. The zero-order valence-electron chi connectivity index (χ0n) is 10.1. The fourth-order valence-corrected chi connectivity index (χ4v) is 1.54. The fourth-order valence-electron chi connectivity index (χ4n) is 1.54. The Morgan fingerprint density at radius 3 is 2.69 bits per heavy atom. The summed E-state index contributed by atoms with van der Waals surface area (Å²) in [6, 6.07) is 2.94. The van der Waals surface area contributed by atoms with Crippen LogP contribution in [0.1, 0.15) is 19.8 Å². The summed E-state index contributed by atoms with van der Waals surface area (Å²) in [6.45, 7) is 2.92. The zero-order valence-corrected chi connectivity index (χ0v) is 10.1. The molecule has 0 saturated heterocycles. The number of nitrogens with two attached hydrogens (primary N) is 1. The predicted molar refractivity (Wildman–Crippen MR) is 65.5 cm³/mol. The Bertz CT molecular complexity index is 355. The minimum Gasteiger partial charge on any atom is -0.495 e. The lowest BCUT2D eigenvalue weighted by molar-refractivity contribution is 0.416. The van der Waals surface area contributed by atoms with E-state index in [2.05, 4.69) is 6.92 Å². The second kappa shape index (κ2) is 5.58. The van der Waals surface area contributed by atoms with Crippen molar-refractivity contribution < 1.29 is 9.13 Å². The first-order valence-electron chi connectivity index (χ1n) is 5.44. The summed E-state index contributed by atoms with van der Waals surface area (Å²) in [7, 11) is 3.39. The molecule has 0 aliphatic rings. The number of hydrogen-bond acceptors (Lipinski definition) is 3. The maximum absolute atomic E-state index is 13.7. The maximum Gasteiger partial charge on any atom is 0.148 e. The Kier molecular flexibility index (Phi) is 4.40. The van der Waals surface area contributed by atoms with Crippen molar-refractivity contribution in [3.63, 3.8) is 0 Å². The summed E-state index contributed by atoms with van der Waals surface area (Å²) in [6.07, 6.45) is 2.11. The van der Waals surface area contributed by atoms with Crippen LogP contribution in [-0.2, 0) is 0 Å². The number of nitrogens with zero attached hydrogens (tertiary/aromatic N) is 1. The molecule has 1 rings (SSSR count). The molecule has 0 amide bonds. The number of anilines is 2. The molecule has 0 atom stereocenters. The Labute approximate surface area is 96.0 Å². The molecule has 0 fully saturated rings. The van der Waals surface area contributed by atoms with Crippen molar-refractivity contribution in [1.29, 1.82) is 0 Å². The highest BCUT2D eigenvalue weighted by atomic mass is 19.1. The third kappa shape index (κ3) is 2.78. The molecule has 0 unspecified atom stereocenters. The molecule has 2 N–H and O–H groups in total. The highest BCUT2D eigenvalue weighted by Crippen LogP contribution is 2.30. The fraction of sp³-hybridized carbons (Fsp3) is 0.500. The van der Waals surface area contributed by atoms with E-state index in [4.69, 9.17) is 10.5 Å². The van der Waals surface area contributed by atoms with Gasteiger partial charge in [-0.3, -0.25) is 0 Å². The van der Waals surface area contributed by atoms with Crippen LogP contribution in [0.5, 0.6) is 5.75 Å². The highest BCUT2D eigenvalue weighted by molar-refractivity contribution is 5.63. The third-order valence-corrected chi connectivity index (χ3v) is 2.56. The maximum atomic E-state index is 13.7. The first-order chi connectivity index (χ1) is 7.60. The zero-order chi connectivity index (χ0) is 12.1. The highest BCUT2D eigenvalue weighted by Gasteiger charge is 2.11. The lowest BCUT2D eigenvalue weighted by Crippen LogP contribution is -2.19. The first kappa shape index (κ1) is 12.6. The molecular formula is C12H19FN2O. The SMILES string of the molecule is CCCCN(C)c1cc(OC)c(N)cc1F. The van der Waals surface area contributed by atoms with Crippen molar-refractivity contribution in [2.24, 2.45) is 0 Å². The number of nitrogen functional groups attached to an aromatic ring is 1. The normalized spacial score (nSPS) is 10.2. The Morgan fingerprint density at radius 1 is 1.44 bits per heavy atom. The van der Waals surface area contributed by atoms with E-state index in [0.717, 1.165) is 19.4 Å². The van der Waals surface area contributed by atoms with E-state index in [1.807, 2.05) is 11.9 Å². The molecule has 0 radical (unpaired) electrons. The minimum atomic E-state index is -0.308. The molecule has 0 heterocycles. The quantitative estimate of drug-likeness (QED) is 0.784. The largest absolute Gasteiger partial charge is 0.495 e. The second-order valence-electron chi connectivity index (χ2n) is 3.82. The van der Waals surface area contributed by atoms with Crippen LogP contribution >= 0.6 is 0 Å². The van der Waals surface area contributed by atoms with Crippen molar-refractivity contribution in [2.75, 3.05) is 31.3 Å². The Balaban J connectivity index is 2.94. The molecule has 0 saturated carbocycles. The van der Waals surface area contributed by atoms with Gasteiger partial charge >= 0.3 is 0 Å². The van der Waals surface area contributed by atoms with E-state index in [0.29, 0.717) is 17.1 Å². The summed E-state index contributed by atoms with van der Waals surface area (Å²) >= 11 is 0. The van der Waals surface area contributed by atoms with E-state index in [9.17, 15) is 4.39 Å². The van der Waals surface area contributed by atoms with Crippen molar-refractivity contribution in [3.8, 4) is 5.75 Å². The number of ether oxygens (including phenoxy) is 1. The summed E-state index contributed by atoms with van der Waals surface area (Å²) in [4.78, 5) is 1.88. The van der Waals surface area contributed by atoms with Crippen LogP contribution in [0.4, 0.5) is 15.8 Å². The number of hydrogen-bond donors (Lipinski definition) is 1. The van der Waals surface area contributed by atoms with E-state index >= 15 is 0 Å². The molecule has 1 aromatic carbocycles. The predicted octanol–water partition coefficient (Wildman–Crippen LogP) is 2.65. The lowest BCUT2D eigenvalue weighted by Gasteiger charge is -2.20. The van der Waals surface area contributed by atoms with Gasteiger partial charge in [0.1, 0.15) is 11.6 Å². The molecule has 0 bridgehead atoms. The van der Waals surface area contributed by atoms with Gasteiger partial charge in [0.05, 0.1) is 18.5 Å². The summed E-state index contributed by atoms with van der Waals surface area (Å²) < 4.78 is 18.7. The average molecular weight is 226 g/mol. The molecular weight excluding hydrogens is 207 g/mol. The van der Waals surface area contributed by atoms with Gasteiger partial charge in [-0.15, -0.1) is 0 Å². The van der Waals surface area contributed by atoms with Crippen molar-refractivity contribution >= 4 is 11.4 Å². The lowest BCUT2D eigenvalue weighted by atomic mass is 10.2. The van der Waals surface area contributed by atoms with Gasteiger partial charge in [-0.1, -0.05) is 13.3 Å². The van der Waals surface area contributed by atoms with Crippen LogP contribution in [0.15, 0.2) is 12.1 Å². The van der Waals surface area contributed by atoms with Gasteiger partial charge in [0, 0.05) is 25.7 Å². The van der Waals surface area contributed by atoms with E-state index in [1.165, 1.54) is 13.2 Å². The van der Waals surface area contributed by atoms with Crippen LogP contribution in [0.3, 0.4) is 0 Å². The number of methoxy groups -OCH3 is 1. The van der Waals surface area contributed by atoms with Gasteiger partial charge in [-0.2, -0.15) is 0 Å². The Hall–Kier alpha value is -1.45. The summed E-state index contributed by atoms with van der Waals surface area (Å²) in [5.41, 5.74) is 6.47. The standard InChI is InChI=1S/C12H19FN2O/c1-4-5-6-15(2)11-8-12(16-3)10(14)7-9(11)13/h7-8H,4-6,14H2,1-3H3. The van der Waals surface area contributed by atoms with Crippen LogP contribution in [0.25, 0.3) is 0 Å². The molecule has 0 aromatic heterocycles. The van der Waals surface area contributed by atoms with Crippen molar-refractivity contribution in [3.05, 3.63) is 17.9 Å². The minimum absolute atomic E-state index is 0.308. The third-order valence-electron chi connectivity index (χ3n) is 2.56. The van der Waals surface area contributed by atoms with Crippen molar-refractivity contribution in [1.82, 2.24) is 0 Å². The van der Waals surface area contributed by atoms with Gasteiger partial charge in [0.15, 0.2) is 0 Å². The molecule has 4 heteroatoms. The number of rotatable bonds is 5. The van der Waals surface area contributed by atoms with Crippen molar-refractivity contribution in [2.45, 2.75) is 19.8 Å². The smallest absolute Gasteiger partial charge is 0.148 e. The van der Waals surface area contributed by atoms with E-state index in [1.54, 1.807) is 6.07 Å². The molecule has 0 aliphatic carbocycles. The number of benzene rings is 1. The molecule has 0 spiro atoms. The van der Waals surface area contributed by atoms with Crippen LogP contribution in [-0.4, -0.2) is 20.7 Å². The van der Waals surface area contributed by atoms with Gasteiger partial charge < -0.3 is 15.4 Å². The monoisotopic (exact) mass is 226 g/mol.